The standard InChI is InChI=1S/C14H24BrN3/c1-11(16)9-12-10-13(15)5-6-14(12)18(4)8-7-17(2)3/h5-6,10-11H,7-9,16H2,1-4H3. The van der Waals surface area contributed by atoms with Crippen molar-refractivity contribution in [3.8, 4) is 0 Å². The predicted octanol–water partition coefficient (Wildman–Crippen LogP) is 2.34. The molecule has 0 radical (unpaired) electrons. The zero-order chi connectivity index (χ0) is 13.7. The number of halogens is 1. The third-order valence-corrected chi connectivity index (χ3v) is 3.37. The Hall–Kier alpha value is -0.580. The maximum absolute atomic E-state index is 5.92. The highest BCUT2D eigenvalue weighted by Gasteiger charge is 2.10. The molecule has 0 saturated carbocycles. The Balaban J connectivity index is 2.85. The van der Waals surface area contributed by atoms with E-state index in [1.807, 2.05) is 6.92 Å². The Morgan fingerprint density at radius 2 is 1.89 bits per heavy atom. The van der Waals surface area contributed by atoms with E-state index in [0.29, 0.717) is 0 Å². The smallest absolute Gasteiger partial charge is 0.0397 e. The van der Waals surface area contributed by atoms with Gasteiger partial charge in [-0.05, 0) is 51.2 Å². The van der Waals surface area contributed by atoms with Crippen LogP contribution in [0.5, 0.6) is 0 Å². The van der Waals surface area contributed by atoms with E-state index in [1.165, 1.54) is 11.3 Å². The minimum Gasteiger partial charge on any atom is -0.373 e. The van der Waals surface area contributed by atoms with Crippen LogP contribution in [0.3, 0.4) is 0 Å². The number of likely N-dealkylation sites (N-methyl/N-ethyl adjacent to an activating group) is 2. The summed E-state index contributed by atoms with van der Waals surface area (Å²) in [6.07, 6.45) is 0.904. The average molecular weight is 314 g/mol. The Morgan fingerprint density at radius 1 is 1.22 bits per heavy atom. The van der Waals surface area contributed by atoms with Gasteiger partial charge in [-0.15, -0.1) is 0 Å². The number of hydrogen-bond donors (Lipinski definition) is 1. The van der Waals surface area contributed by atoms with E-state index in [9.17, 15) is 0 Å². The van der Waals surface area contributed by atoms with Gasteiger partial charge in [0.25, 0.3) is 0 Å². The monoisotopic (exact) mass is 313 g/mol. The van der Waals surface area contributed by atoms with Crippen LogP contribution in [-0.2, 0) is 6.42 Å². The fourth-order valence-corrected chi connectivity index (χ4v) is 2.32. The summed E-state index contributed by atoms with van der Waals surface area (Å²) in [6.45, 7) is 4.11. The summed E-state index contributed by atoms with van der Waals surface area (Å²) in [4.78, 5) is 4.49. The van der Waals surface area contributed by atoms with Crippen LogP contribution in [0.15, 0.2) is 22.7 Å². The van der Waals surface area contributed by atoms with Gasteiger partial charge in [-0.3, -0.25) is 0 Å². The van der Waals surface area contributed by atoms with Gasteiger partial charge in [0.15, 0.2) is 0 Å². The molecule has 1 atom stereocenters. The molecule has 0 heterocycles. The molecular formula is C14H24BrN3. The molecule has 102 valence electrons. The molecule has 2 N–H and O–H groups in total. The number of benzene rings is 1. The molecule has 0 bridgehead atoms. The van der Waals surface area contributed by atoms with Crippen molar-refractivity contribution in [3.63, 3.8) is 0 Å². The summed E-state index contributed by atoms with van der Waals surface area (Å²) in [7, 11) is 6.33. The van der Waals surface area contributed by atoms with E-state index in [1.54, 1.807) is 0 Å². The molecule has 1 aromatic rings. The Labute approximate surface area is 119 Å². The minimum atomic E-state index is 0.181. The van der Waals surface area contributed by atoms with E-state index in [4.69, 9.17) is 5.73 Å². The first-order valence-corrected chi connectivity index (χ1v) is 7.09. The summed E-state index contributed by atoms with van der Waals surface area (Å²) < 4.78 is 1.11. The molecule has 1 unspecified atom stereocenters. The van der Waals surface area contributed by atoms with Crippen molar-refractivity contribution in [2.75, 3.05) is 39.1 Å². The van der Waals surface area contributed by atoms with Crippen LogP contribution in [0, 0.1) is 0 Å². The van der Waals surface area contributed by atoms with E-state index < -0.39 is 0 Å². The number of hydrogen-bond acceptors (Lipinski definition) is 3. The van der Waals surface area contributed by atoms with Gasteiger partial charge < -0.3 is 15.5 Å². The van der Waals surface area contributed by atoms with Gasteiger partial charge in [-0.1, -0.05) is 15.9 Å². The summed E-state index contributed by atoms with van der Waals surface area (Å²) >= 11 is 3.53. The van der Waals surface area contributed by atoms with E-state index in [2.05, 4.69) is 65.1 Å². The lowest BCUT2D eigenvalue weighted by Crippen LogP contribution is -2.29. The quantitative estimate of drug-likeness (QED) is 0.875. The second-order valence-corrected chi connectivity index (χ2v) is 6.09. The zero-order valence-electron chi connectivity index (χ0n) is 11.8. The summed E-state index contributed by atoms with van der Waals surface area (Å²) in [5.41, 5.74) is 8.51. The minimum absolute atomic E-state index is 0.181. The zero-order valence-corrected chi connectivity index (χ0v) is 13.4. The molecule has 0 aliphatic carbocycles. The molecule has 1 aromatic carbocycles. The molecule has 0 aliphatic heterocycles. The van der Waals surface area contributed by atoms with E-state index >= 15 is 0 Å². The van der Waals surface area contributed by atoms with Gasteiger partial charge in [0, 0.05) is 36.3 Å². The van der Waals surface area contributed by atoms with Gasteiger partial charge in [0.05, 0.1) is 0 Å². The normalized spacial score (nSPS) is 12.8. The van der Waals surface area contributed by atoms with Gasteiger partial charge in [-0.2, -0.15) is 0 Å². The Morgan fingerprint density at radius 3 is 2.44 bits per heavy atom. The molecule has 1 rings (SSSR count). The lowest BCUT2D eigenvalue weighted by Gasteiger charge is -2.25. The topological polar surface area (TPSA) is 32.5 Å². The highest BCUT2D eigenvalue weighted by molar-refractivity contribution is 9.10. The molecule has 0 aromatic heterocycles. The SMILES string of the molecule is CC(N)Cc1cc(Br)ccc1N(C)CCN(C)C. The van der Waals surface area contributed by atoms with Crippen LogP contribution < -0.4 is 10.6 Å². The van der Waals surface area contributed by atoms with E-state index in [0.717, 1.165) is 24.0 Å². The Bertz CT molecular complexity index is 377. The highest BCUT2D eigenvalue weighted by atomic mass is 79.9. The molecule has 0 fully saturated rings. The van der Waals surface area contributed by atoms with Crippen molar-refractivity contribution in [1.29, 1.82) is 0 Å². The fraction of sp³-hybridized carbons (Fsp3) is 0.571. The Kier molecular flexibility index (Phi) is 6.12. The van der Waals surface area contributed by atoms with Gasteiger partial charge >= 0.3 is 0 Å². The molecule has 0 spiro atoms. The maximum atomic E-state index is 5.92. The molecule has 0 aliphatic rings. The second kappa shape index (κ2) is 7.12. The van der Waals surface area contributed by atoms with Crippen molar-refractivity contribution in [2.45, 2.75) is 19.4 Å². The first-order chi connectivity index (χ1) is 8.40. The van der Waals surface area contributed by atoms with Crippen LogP contribution in [0.4, 0.5) is 5.69 Å². The first-order valence-electron chi connectivity index (χ1n) is 6.30. The molecule has 0 amide bonds. The van der Waals surface area contributed by atoms with Crippen molar-refractivity contribution in [1.82, 2.24) is 4.90 Å². The molecule has 18 heavy (non-hydrogen) atoms. The highest BCUT2D eigenvalue weighted by Crippen LogP contribution is 2.24. The third kappa shape index (κ3) is 4.96. The largest absolute Gasteiger partial charge is 0.373 e. The van der Waals surface area contributed by atoms with Crippen molar-refractivity contribution < 1.29 is 0 Å². The van der Waals surface area contributed by atoms with Crippen molar-refractivity contribution >= 4 is 21.6 Å². The fourth-order valence-electron chi connectivity index (χ4n) is 1.91. The lowest BCUT2D eigenvalue weighted by molar-refractivity contribution is 0.416. The molecule has 3 nitrogen and oxygen atoms in total. The van der Waals surface area contributed by atoms with Gasteiger partial charge in [0.2, 0.25) is 0 Å². The third-order valence-electron chi connectivity index (χ3n) is 2.88. The van der Waals surface area contributed by atoms with Crippen LogP contribution in [-0.4, -0.2) is 45.2 Å². The molecule has 4 heteroatoms. The lowest BCUT2D eigenvalue weighted by atomic mass is 10.0. The number of nitrogens with two attached hydrogens (primary N) is 1. The van der Waals surface area contributed by atoms with Crippen molar-refractivity contribution in [3.05, 3.63) is 28.2 Å². The maximum Gasteiger partial charge on any atom is 0.0397 e. The summed E-state index contributed by atoms with van der Waals surface area (Å²) in [5, 5.41) is 0. The summed E-state index contributed by atoms with van der Waals surface area (Å²) in [6, 6.07) is 6.61. The number of rotatable bonds is 6. The van der Waals surface area contributed by atoms with Crippen LogP contribution in [0.25, 0.3) is 0 Å². The van der Waals surface area contributed by atoms with Gasteiger partial charge in [-0.25, -0.2) is 0 Å². The summed E-state index contributed by atoms with van der Waals surface area (Å²) in [5.74, 6) is 0. The van der Waals surface area contributed by atoms with Crippen LogP contribution in [0.2, 0.25) is 0 Å². The van der Waals surface area contributed by atoms with Crippen LogP contribution in [0.1, 0.15) is 12.5 Å². The molecular weight excluding hydrogens is 290 g/mol. The van der Waals surface area contributed by atoms with Crippen LogP contribution >= 0.6 is 15.9 Å². The van der Waals surface area contributed by atoms with Crippen molar-refractivity contribution in [2.24, 2.45) is 5.73 Å². The second-order valence-electron chi connectivity index (χ2n) is 5.18. The van der Waals surface area contributed by atoms with E-state index in [-0.39, 0.29) is 6.04 Å². The molecule has 0 saturated heterocycles. The predicted molar refractivity (Wildman–Crippen MR) is 83.3 cm³/mol. The average Bonchev–Trinajstić information content (AvgIpc) is 2.25. The number of nitrogens with zero attached hydrogens (tertiary/aromatic N) is 2. The first kappa shape index (κ1) is 15.5. The van der Waals surface area contributed by atoms with Gasteiger partial charge in [0.1, 0.15) is 0 Å². The number of anilines is 1.